The minimum atomic E-state index is -3.48. The van der Waals surface area contributed by atoms with E-state index in [1.165, 1.54) is 6.92 Å². The van der Waals surface area contributed by atoms with Gasteiger partial charge in [-0.2, -0.15) is 0 Å². The number of amides is 2. The second-order valence-electron chi connectivity index (χ2n) is 6.67. The molecule has 1 heterocycles. The van der Waals surface area contributed by atoms with Crippen LogP contribution in [0.2, 0.25) is 0 Å². The molecule has 6 nitrogen and oxygen atoms in total. The molecule has 1 N–H and O–H groups in total. The molecule has 1 aliphatic rings. The van der Waals surface area contributed by atoms with E-state index in [1.54, 1.807) is 18.7 Å². The summed E-state index contributed by atoms with van der Waals surface area (Å²) in [5.74, 6) is -0.391. The lowest BCUT2D eigenvalue weighted by Gasteiger charge is -2.27. The Morgan fingerprint density at radius 1 is 1.24 bits per heavy atom. The van der Waals surface area contributed by atoms with Crippen LogP contribution >= 0.6 is 0 Å². The summed E-state index contributed by atoms with van der Waals surface area (Å²) in [6.45, 7) is 5.48. The first-order valence-corrected chi connectivity index (χ1v) is 10.2. The van der Waals surface area contributed by atoms with Gasteiger partial charge in [0.15, 0.2) is 9.84 Å². The van der Waals surface area contributed by atoms with Crippen LogP contribution in [0.1, 0.15) is 45.6 Å². The predicted molar refractivity (Wildman–Crippen MR) is 98.0 cm³/mol. The van der Waals surface area contributed by atoms with Crippen molar-refractivity contribution in [1.29, 1.82) is 0 Å². The summed E-state index contributed by atoms with van der Waals surface area (Å²) in [6, 6.07) is 7.43. The van der Waals surface area contributed by atoms with Crippen LogP contribution in [0.5, 0.6) is 0 Å². The van der Waals surface area contributed by atoms with Crippen LogP contribution in [0, 0.1) is 0 Å². The third-order valence-electron chi connectivity index (χ3n) is 4.53. The van der Waals surface area contributed by atoms with Gasteiger partial charge in [-0.05, 0) is 51.3 Å². The Bertz CT molecular complexity index is 743. The first-order chi connectivity index (χ1) is 11.7. The molecule has 7 heteroatoms. The first-order valence-electron chi connectivity index (χ1n) is 8.63. The molecule has 25 heavy (non-hydrogen) atoms. The number of carbonyl (C=O) groups excluding carboxylic acids is 2. The number of hydrogen-bond donors (Lipinski definition) is 1. The Hall–Kier alpha value is -1.89. The number of carbonyl (C=O) groups is 2. The second kappa shape index (κ2) is 7.99. The van der Waals surface area contributed by atoms with Crippen molar-refractivity contribution in [2.24, 2.45) is 0 Å². The van der Waals surface area contributed by atoms with E-state index in [9.17, 15) is 18.0 Å². The molecule has 0 radical (unpaired) electrons. The van der Waals surface area contributed by atoms with E-state index in [2.05, 4.69) is 5.32 Å². The van der Waals surface area contributed by atoms with Crippen LogP contribution in [-0.4, -0.2) is 37.3 Å². The number of rotatable bonds is 6. The monoisotopic (exact) mass is 366 g/mol. The van der Waals surface area contributed by atoms with E-state index in [0.717, 1.165) is 24.1 Å². The van der Waals surface area contributed by atoms with Gasteiger partial charge >= 0.3 is 0 Å². The standard InChI is InChI=1S/C18H26N2O4S/c1-13(2)25(23,24)14(3)18(22)19-12-15-7-6-8-16(11-15)20-10-5-4-9-17(20)21/h6-8,11,13-14H,4-5,9-10,12H2,1-3H3,(H,19,22). The van der Waals surface area contributed by atoms with Crippen LogP contribution < -0.4 is 10.2 Å². The normalized spacial score (nSPS) is 16.8. The largest absolute Gasteiger partial charge is 0.351 e. The molecular weight excluding hydrogens is 340 g/mol. The molecule has 0 bridgehead atoms. The number of piperidine rings is 1. The van der Waals surface area contributed by atoms with Gasteiger partial charge in [-0.3, -0.25) is 9.59 Å². The SMILES string of the molecule is CC(C)S(=O)(=O)C(C)C(=O)NCc1cccc(N2CCCCC2=O)c1. The molecule has 1 aliphatic heterocycles. The molecule has 1 unspecified atom stereocenters. The summed E-state index contributed by atoms with van der Waals surface area (Å²) in [5, 5.41) is 1.000. The molecule has 0 aliphatic carbocycles. The fourth-order valence-corrected chi connectivity index (χ4v) is 4.00. The zero-order valence-electron chi connectivity index (χ0n) is 15.0. The number of hydrogen-bond acceptors (Lipinski definition) is 4. The summed E-state index contributed by atoms with van der Waals surface area (Å²) in [4.78, 5) is 25.9. The van der Waals surface area contributed by atoms with Crippen molar-refractivity contribution in [3.05, 3.63) is 29.8 Å². The highest BCUT2D eigenvalue weighted by atomic mass is 32.2. The lowest BCUT2D eigenvalue weighted by molar-refractivity contribution is -0.121. The molecule has 0 saturated carbocycles. The Morgan fingerprint density at radius 2 is 1.96 bits per heavy atom. The van der Waals surface area contributed by atoms with E-state index >= 15 is 0 Å². The molecule has 2 rings (SSSR count). The summed E-state index contributed by atoms with van der Waals surface area (Å²) >= 11 is 0. The van der Waals surface area contributed by atoms with Gasteiger partial charge in [-0.1, -0.05) is 12.1 Å². The zero-order valence-corrected chi connectivity index (χ0v) is 15.8. The molecule has 1 saturated heterocycles. The van der Waals surface area contributed by atoms with Gasteiger partial charge in [0, 0.05) is 25.2 Å². The molecule has 1 aromatic carbocycles. The molecule has 2 amide bonds. The van der Waals surface area contributed by atoms with Crippen molar-refractivity contribution in [2.75, 3.05) is 11.4 Å². The number of sulfone groups is 1. The van der Waals surface area contributed by atoms with Gasteiger partial charge < -0.3 is 10.2 Å². The fourth-order valence-electron chi connectivity index (χ4n) is 2.80. The maximum absolute atomic E-state index is 12.2. The highest BCUT2D eigenvalue weighted by Gasteiger charge is 2.30. The molecule has 0 aromatic heterocycles. The summed E-state index contributed by atoms with van der Waals surface area (Å²) in [6.07, 6.45) is 2.47. The average Bonchev–Trinajstić information content (AvgIpc) is 2.59. The van der Waals surface area contributed by atoms with Gasteiger partial charge in [0.25, 0.3) is 0 Å². The summed E-state index contributed by atoms with van der Waals surface area (Å²) in [7, 11) is -3.48. The number of nitrogens with one attached hydrogen (secondary N) is 1. The van der Waals surface area contributed by atoms with E-state index in [1.807, 2.05) is 24.3 Å². The van der Waals surface area contributed by atoms with E-state index in [-0.39, 0.29) is 12.5 Å². The average molecular weight is 366 g/mol. The maximum atomic E-state index is 12.2. The van der Waals surface area contributed by atoms with Gasteiger partial charge in [0.1, 0.15) is 5.25 Å². The van der Waals surface area contributed by atoms with Crippen LogP contribution in [-0.2, 0) is 26.0 Å². The van der Waals surface area contributed by atoms with Crippen molar-refractivity contribution < 1.29 is 18.0 Å². The minimum Gasteiger partial charge on any atom is -0.351 e. The molecular formula is C18H26N2O4S. The van der Waals surface area contributed by atoms with Crippen molar-refractivity contribution in [3.8, 4) is 0 Å². The number of nitrogens with zero attached hydrogens (tertiary/aromatic N) is 1. The Kier molecular flexibility index (Phi) is 6.21. The Balaban J connectivity index is 2.03. The van der Waals surface area contributed by atoms with Gasteiger partial charge in [0.05, 0.1) is 5.25 Å². The van der Waals surface area contributed by atoms with E-state index in [0.29, 0.717) is 13.0 Å². The minimum absolute atomic E-state index is 0.115. The third kappa shape index (κ3) is 4.60. The predicted octanol–water partition coefficient (Wildman–Crippen LogP) is 2.03. The topological polar surface area (TPSA) is 83.6 Å². The lowest BCUT2D eigenvalue weighted by atomic mass is 10.1. The van der Waals surface area contributed by atoms with Crippen LogP contribution in [0.15, 0.2) is 24.3 Å². The highest BCUT2D eigenvalue weighted by Crippen LogP contribution is 2.22. The number of anilines is 1. The van der Waals surface area contributed by atoms with Gasteiger partial charge in [-0.15, -0.1) is 0 Å². The molecule has 1 fully saturated rings. The highest BCUT2D eigenvalue weighted by molar-refractivity contribution is 7.93. The molecule has 0 spiro atoms. The number of benzene rings is 1. The lowest BCUT2D eigenvalue weighted by Crippen LogP contribution is -2.40. The zero-order chi connectivity index (χ0) is 18.6. The Labute approximate surface area is 149 Å². The third-order valence-corrected chi connectivity index (χ3v) is 7.05. The van der Waals surface area contributed by atoms with E-state index < -0.39 is 26.2 Å². The first kappa shape index (κ1) is 19.4. The van der Waals surface area contributed by atoms with Gasteiger partial charge in [0.2, 0.25) is 11.8 Å². The molecule has 1 aromatic rings. The van der Waals surface area contributed by atoms with Crippen molar-refractivity contribution in [2.45, 2.75) is 57.1 Å². The van der Waals surface area contributed by atoms with Crippen LogP contribution in [0.3, 0.4) is 0 Å². The smallest absolute Gasteiger partial charge is 0.238 e. The molecule has 138 valence electrons. The van der Waals surface area contributed by atoms with Crippen molar-refractivity contribution in [3.63, 3.8) is 0 Å². The van der Waals surface area contributed by atoms with Gasteiger partial charge in [-0.25, -0.2) is 8.42 Å². The second-order valence-corrected chi connectivity index (χ2v) is 9.50. The Morgan fingerprint density at radius 3 is 2.60 bits per heavy atom. The van der Waals surface area contributed by atoms with E-state index in [4.69, 9.17) is 0 Å². The summed E-state index contributed by atoms with van der Waals surface area (Å²) in [5.41, 5.74) is 1.65. The van der Waals surface area contributed by atoms with Crippen molar-refractivity contribution >= 4 is 27.3 Å². The van der Waals surface area contributed by atoms with Crippen molar-refractivity contribution in [1.82, 2.24) is 5.32 Å². The fraction of sp³-hybridized carbons (Fsp3) is 0.556. The summed E-state index contributed by atoms with van der Waals surface area (Å²) < 4.78 is 24.1. The van der Waals surface area contributed by atoms with Crippen LogP contribution in [0.25, 0.3) is 0 Å². The molecule has 1 atom stereocenters. The quantitative estimate of drug-likeness (QED) is 0.835. The van der Waals surface area contributed by atoms with Crippen LogP contribution in [0.4, 0.5) is 5.69 Å². The maximum Gasteiger partial charge on any atom is 0.238 e.